The van der Waals surface area contributed by atoms with E-state index in [4.69, 9.17) is 10.2 Å². The molecule has 6 nitrogen and oxygen atoms in total. The number of carbonyl (C=O) groups is 2. The Morgan fingerprint density at radius 2 is 1.96 bits per heavy atom. The van der Waals surface area contributed by atoms with E-state index in [1.54, 1.807) is 22.1 Å². The Labute approximate surface area is 144 Å². The maximum absolute atomic E-state index is 12.5. The largest absolute Gasteiger partial charge is 0.463 e. The van der Waals surface area contributed by atoms with Crippen molar-refractivity contribution in [3.8, 4) is 0 Å². The summed E-state index contributed by atoms with van der Waals surface area (Å²) in [5, 5.41) is 0. The van der Waals surface area contributed by atoms with Crippen molar-refractivity contribution < 1.29 is 14.0 Å². The van der Waals surface area contributed by atoms with E-state index in [2.05, 4.69) is 0 Å². The number of fused-ring (bicyclic) bond motifs is 1. The fourth-order valence-electron chi connectivity index (χ4n) is 2.57. The first-order valence-electron chi connectivity index (χ1n) is 7.35. The molecule has 0 aliphatic carbocycles. The number of thiophene rings is 1. The molecule has 2 aromatic rings. The third-order valence-electron chi connectivity index (χ3n) is 4.00. The molecule has 1 aliphatic rings. The lowest BCUT2D eigenvalue weighted by Gasteiger charge is -2.35. The number of nitrogens with zero attached hydrogens (tertiary/aromatic N) is 2. The van der Waals surface area contributed by atoms with Gasteiger partial charge in [-0.15, -0.1) is 23.7 Å². The van der Waals surface area contributed by atoms with Crippen LogP contribution in [0.4, 0.5) is 0 Å². The smallest absolute Gasteiger partial charge is 0.264 e. The van der Waals surface area contributed by atoms with Crippen LogP contribution in [-0.2, 0) is 4.79 Å². The number of halogens is 1. The Morgan fingerprint density at radius 3 is 2.57 bits per heavy atom. The van der Waals surface area contributed by atoms with Crippen LogP contribution in [0.5, 0.6) is 0 Å². The summed E-state index contributed by atoms with van der Waals surface area (Å²) in [6, 6.07) is 3.65. The molecule has 1 unspecified atom stereocenters. The van der Waals surface area contributed by atoms with Crippen molar-refractivity contribution in [3.63, 3.8) is 0 Å². The highest BCUT2D eigenvalue weighted by atomic mass is 35.5. The summed E-state index contributed by atoms with van der Waals surface area (Å²) in [4.78, 5) is 28.9. The molecule has 1 fully saturated rings. The summed E-state index contributed by atoms with van der Waals surface area (Å²) in [6.45, 7) is 4.43. The highest BCUT2D eigenvalue weighted by Gasteiger charge is 2.27. The second kappa shape index (κ2) is 7.33. The highest BCUT2D eigenvalue weighted by molar-refractivity contribution is 7.20. The van der Waals surface area contributed by atoms with Gasteiger partial charge in [-0.25, -0.2) is 0 Å². The summed E-state index contributed by atoms with van der Waals surface area (Å²) < 4.78 is 6.28. The van der Waals surface area contributed by atoms with Crippen molar-refractivity contribution in [1.82, 2.24) is 9.80 Å². The van der Waals surface area contributed by atoms with Gasteiger partial charge in [-0.3, -0.25) is 9.59 Å². The van der Waals surface area contributed by atoms with Crippen LogP contribution < -0.4 is 5.73 Å². The predicted molar refractivity (Wildman–Crippen MR) is 92.0 cm³/mol. The minimum atomic E-state index is -0.161. The average molecular weight is 358 g/mol. The Balaban J connectivity index is 0.00000192. The number of carbonyl (C=O) groups excluding carboxylic acids is 2. The third kappa shape index (κ3) is 3.52. The average Bonchev–Trinajstić information content (AvgIpc) is 3.14. The van der Waals surface area contributed by atoms with Gasteiger partial charge in [0, 0.05) is 44.7 Å². The van der Waals surface area contributed by atoms with E-state index in [-0.39, 0.29) is 30.1 Å². The van der Waals surface area contributed by atoms with Gasteiger partial charge in [0.15, 0.2) is 0 Å². The Hall–Kier alpha value is -1.57. The fraction of sp³-hybridized carbons (Fsp3) is 0.467. The molecular weight excluding hydrogens is 338 g/mol. The minimum Gasteiger partial charge on any atom is -0.463 e. The normalized spacial score (nSPS) is 16.3. The number of piperazine rings is 1. The molecule has 2 aromatic heterocycles. The van der Waals surface area contributed by atoms with E-state index in [1.807, 2.05) is 13.0 Å². The van der Waals surface area contributed by atoms with Gasteiger partial charge < -0.3 is 20.0 Å². The van der Waals surface area contributed by atoms with Gasteiger partial charge in [0.1, 0.15) is 5.58 Å². The molecule has 1 atom stereocenters. The fourth-order valence-corrected chi connectivity index (χ4v) is 3.52. The number of hydrogen-bond acceptors (Lipinski definition) is 5. The molecule has 1 aliphatic heterocycles. The zero-order chi connectivity index (χ0) is 15.7. The number of hydrogen-bond donors (Lipinski definition) is 1. The molecule has 3 heterocycles. The summed E-state index contributed by atoms with van der Waals surface area (Å²) >= 11 is 1.44. The topological polar surface area (TPSA) is 79.8 Å². The van der Waals surface area contributed by atoms with E-state index in [9.17, 15) is 9.59 Å². The van der Waals surface area contributed by atoms with Gasteiger partial charge >= 0.3 is 0 Å². The van der Waals surface area contributed by atoms with E-state index >= 15 is 0 Å². The Morgan fingerprint density at radius 1 is 1.30 bits per heavy atom. The first-order valence-corrected chi connectivity index (χ1v) is 8.17. The number of furan rings is 1. The molecule has 126 valence electrons. The summed E-state index contributed by atoms with van der Waals surface area (Å²) in [5.74, 6) is -0.0786. The van der Waals surface area contributed by atoms with Crippen LogP contribution in [0.25, 0.3) is 10.3 Å². The molecule has 23 heavy (non-hydrogen) atoms. The van der Waals surface area contributed by atoms with Crippen LogP contribution in [0.1, 0.15) is 16.6 Å². The van der Waals surface area contributed by atoms with Gasteiger partial charge in [0.2, 0.25) is 5.91 Å². The zero-order valence-electron chi connectivity index (χ0n) is 12.9. The van der Waals surface area contributed by atoms with Gasteiger partial charge in [-0.2, -0.15) is 0 Å². The first kappa shape index (κ1) is 17.8. The lowest BCUT2D eigenvalue weighted by molar-refractivity contribution is -0.136. The van der Waals surface area contributed by atoms with E-state index in [0.717, 1.165) is 10.3 Å². The van der Waals surface area contributed by atoms with Crippen molar-refractivity contribution in [1.29, 1.82) is 0 Å². The van der Waals surface area contributed by atoms with Crippen LogP contribution in [0.2, 0.25) is 0 Å². The third-order valence-corrected chi connectivity index (χ3v) is 5.07. The second-order valence-electron chi connectivity index (χ2n) is 5.51. The predicted octanol–water partition coefficient (Wildman–Crippen LogP) is 1.80. The number of rotatable bonds is 3. The Kier molecular flexibility index (Phi) is 5.67. The molecule has 0 aromatic carbocycles. The summed E-state index contributed by atoms with van der Waals surface area (Å²) in [6.07, 6.45) is 1.62. The number of nitrogens with two attached hydrogens (primary N) is 1. The van der Waals surface area contributed by atoms with Crippen molar-refractivity contribution >= 4 is 45.8 Å². The molecular formula is C15H20ClN3O3S. The van der Waals surface area contributed by atoms with Crippen LogP contribution in [-0.4, -0.2) is 54.3 Å². The molecule has 1 saturated heterocycles. The van der Waals surface area contributed by atoms with Gasteiger partial charge in [0.25, 0.3) is 5.91 Å². The molecule has 0 saturated carbocycles. The van der Waals surface area contributed by atoms with Gasteiger partial charge in [-0.1, -0.05) is 6.92 Å². The molecule has 2 N–H and O–H groups in total. The first-order chi connectivity index (χ1) is 10.6. The Bertz CT molecular complexity index is 663. The van der Waals surface area contributed by atoms with Crippen LogP contribution in [0.15, 0.2) is 22.8 Å². The summed E-state index contributed by atoms with van der Waals surface area (Å²) in [5.41, 5.74) is 6.29. The van der Waals surface area contributed by atoms with Crippen molar-refractivity contribution in [2.75, 3.05) is 32.7 Å². The molecule has 3 rings (SSSR count). The van der Waals surface area contributed by atoms with E-state index < -0.39 is 0 Å². The lowest BCUT2D eigenvalue weighted by Crippen LogP contribution is -2.52. The molecule has 0 radical (unpaired) electrons. The zero-order valence-corrected chi connectivity index (χ0v) is 14.5. The van der Waals surface area contributed by atoms with Gasteiger partial charge in [-0.05, 0) is 6.07 Å². The lowest BCUT2D eigenvalue weighted by atomic mass is 10.1. The number of amides is 2. The maximum atomic E-state index is 12.5. The van der Waals surface area contributed by atoms with E-state index in [1.165, 1.54) is 11.3 Å². The summed E-state index contributed by atoms with van der Waals surface area (Å²) in [7, 11) is 0. The van der Waals surface area contributed by atoms with Crippen molar-refractivity contribution in [2.45, 2.75) is 6.92 Å². The van der Waals surface area contributed by atoms with Crippen LogP contribution in [0, 0.1) is 5.92 Å². The quantitative estimate of drug-likeness (QED) is 0.908. The van der Waals surface area contributed by atoms with Crippen LogP contribution in [0.3, 0.4) is 0 Å². The molecule has 0 spiro atoms. The monoisotopic (exact) mass is 357 g/mol. The molecule has 0 bridgehead atoms. The van der Waals surface area contributed by atoms with Crippen molar-refractivity contribution in [3.05, 3.63) is 23.3 Å². The minimum absolute atomic E-state index is 0. The highest BCUT2D eigenvalue weighted by Crippen LogP contribution is 2.27. The van der Waals surface area contributed by atoms with Gasteiger partial charge in [0.05, 0.1) is 15.8 Å². The maximum Gasteiger partial charge on any atom is 0.264 e. The van der Waals surface area contributed by atoms with Crippen molar-refractivity contribution in [2.24, 2.45) is 11.7 Å². The second-order valence-corrected chi connectivity index (χ2v) is 6.60. The molecule has 8 heteroatoms. The standard InChI is InChI=1S/C15H19N3O3S.ClH/c1-10(9-16)14(19)17-3-5-18(6-4-17)15(20)13-8-11-12(22-13)2-7-21-11;/h2,7-8,10H,3-6,9,16H2,1H3;1H. The van der Waals surface area contributed by atoms with Crippen LogP contribution >= 0.6 is 23.7 Å². The molecule has 2 amide bonds. The van der Waals surface area contributed by atoms with E-state index in [0.29, 0.717) is 37.6 Å². The SMILES string of the molecule is CC(CN)C(=O)N1CCN(C(=O)c2cc3occc3s2)CC1.Cl.